The Morgan fingerprint density at radius 1 is 1.44 bits per heavy atom. The Bertz CT molecular complexity index is 512. The molecule has 0 bridgehead atoms. The summed E-state index contributed by atoms with van der Waals surface area (Å²) in [4.78, 5) is 3.96. The molecular weight excluding hydrogens is 250 g/mol. The second-order valence-electron chi connectivity index (χ2n) is 4.05. The van der Waals surface area contributed by atoms with Crippen LogP contribution in [0.3, 0.4) is 0 Å². The van der Waals surface area contributed by atoms with Crippen LogP contribution in [0.2, 0.25) is 5.02 Å². The molecule has 2 aromatic rings. The van der Waals surface area contributed by atoms with Gasteiger partial charge in [-0.3, -0.25) is 10.8 Å². The van der Waals surface area contributed by atoms with Crippen LogP contribution < -0.4 is 11.3 Å². The summed E-state index contributed by atoms with van der Waals surface area (Å²) in [6.45, 7) is 2.05. The van der Waals surface area contributed by atoms with E-state index in [1.165, 1.54) is 0 Å². The standard InChI is InChI=1S/C13H16ClN3O/c1-2-10-3-4-13(18-10)12(17-15)7-9-5-6-16-8-11(9)14/h3-6,8,12,17H,2,7,15H2,1H3. The minimum atomic E-state index is -0.0924. The fraction of sp³-hybridized carbons (Fsp3) is 0.308. The molecule has 1 unspecified atom stereocenters. The highest BCUT2D eigenvalue weighted by Gasteiger charge is 2.16. The first kappa shape index (κ1) is 13.1. The number of hydrogen-bond donors (Lipinski definition) is 2. The molecule has 1 atom stereocenters. The molecule has 0 radical (unpaired) electrons. The van der Waals surface area contributed by atoms with Gasteiger partial charge in [0.15, 0.2) is 0 Å². The average Bonchev–Trinajstić information content (AvgIpc) is 2.86. The van der Waals surface area contributed by atoms with Crippen LogP contribution in [-0.4, -0.2) is 4.98 Å². The number of rotatable bonds is 5. The minimum absolute atomic E-state index is 0.0924. The highest BCUT2D eigenvalue weighted by Crippen LogP contribution is 2.23. The topological polar surface area (TPSA) is 64.1 Å². The summed E-state index contributed by atoms with van der Waals surface area (Å²) >= 11 is 6.08. The van der Waals surface area contributed by atoms with E-state index in [4.69, 9.17) is 21.9 Å². The van der Waals surface area contributed by atoms with Crippen LogP contribution in [0.5, 0.6) is 0 Å². The predicted octanol–water partition coefficient (Wildman–Crippen LogP) is 2.64. The number of nitrogens with one attached hydrogen (secondary N) is 1. The normalized spacial score (nSPS) is 12.6. The van der Waals surface area contributed by atoms with Crippen molar-refractivity contribution in [2.45, 2.75) is 25.8 Å². The predicted molar refractivity (Wildman–Crippen MR) is 71.1 cm³/mol. The fourth-order valence-corrected chi connectivity index (χ4v) is 2.00. The molecule has 0 saturated heterocycles. The van der Waals surface area contributed by atoms with Crippen LogP contribution in [0.1, 0.15) is 30.0 Å². The van der Waals surface area contributed by atoms with E-state index >= 15 is 0 Å². The maximum atomic E-state index is 6.08. The highest BCUT2D eigenvalue weighted by molar-refractivity contribution is 6.31. The number of hydrogen-bond acceptors (Lipinski definition) is 4. The van der Waals surface area contributed by atoms with Crippen molar-refractivity contribution < 1.29 is 4.42 Å². The van der Waals surface area contributed by atoms with Gasteiger partial charge < -0.3 is 4.42 Å². The van der Waals surface area contributed by atoms with Gasteiger partial charge >= 0.3 is 0 Å². The Hall–Kier alpha value is -1.36. The molecule has 0 aliphatic heterocycles. The van der Waals surface area contributed by atoms with Gasteiger partial charge in [-0.2, -0.15) is 0 Å². The lowest BCUT2D eigenvalue weighted by Gasteiger charge is -2.14. The van der Waals surface area contributed by atoms with E-state index in [9.17, 15) is 0 Å². The summed E-state index contributed by atoms with van der Waals surface area (Å²) in [7, 11) is 0. The lowest BCUT2D eigenvalue weighted by Crippen LogP contribution is -2.29. The monoisotopic (exact) mass is 265 g/mol. The number of nitrogens with zero attached hydrogens (tertiary/aromatic N) is 1. The van der Waals surface area contributed by atoms with Crippen molar-refractivity contribution in [1.82, 2.24) is 10.4 Å². The zero-order valence-electron chi connectivity index (χ0n) is 10.2. The van der Waals surface area contributed by atoms with Crippen LogP contribution in [-0.2, 0) is 12.8 Å². The molecule has 0 spiro atoms. The summed E-state index contributed by atoms with van der Waals surface area (Å²) in [5.74, 6) is 7.36. The molecule has 18 heavy (non-hydrogen) atoms. The van der Waals surface area contributed by atoms with Crippen molar-refractivity contribution >= 4 is 11.6 Å². The van der Waals surface area contributed by atoms with Gasteiger partial charge in [0.25, 0.3) is 0 Å². The number of aromatic nitrogens is 1. The largest absolute Gasteiger partial charge is 0.464 e. The Labute approximate surface area is 111 Å². The van der Waals surface area contributed by atoms with Gasteiger partial charge in [0.1, 0.15) is 11.5 Å². The van der Waals surface area contributed by atoms with E-state index in [0.29, 0.717) is 11.4 Å². The fourth-order valence-electron chi connectivity index (χ4n) is 1.80. The Kier molecular flexibility index (Phi) is 4.36. The number of hydrazine groups is 1. The van der Waals surface area contributed by atoms with Crippen LogP contribution in [0.25, 0.3) is 0 Å². The quantitative estimate of drug-likeness (QED) is 0.644. The lowest BCUT2D eigenvalue weighted by molar-refractivity contribution is 0.396. The van der Waals surface area contributed by atoms with Crippen LogP contribution >= 0.6 is 11.6 Å². The Balaban J connectivity index is 2.17. The molecule has 2 heterocycles. The highest BCUT2D eigenvalue weighted by atomic mass is 35.5. The summed E-state index contributed by atoms with van der Waals surface area (Å²) in [5.41, 5.74) is 3.75. The molecule has 0 saturated carbocycles. The zero-order chi connectivity index (χ0) is 13.0. The van der Waals surface area contributed by atoms with Crippen molar-refractivity contribution in [3.63, 3.8) is 0 Å². The van der Waals surface area contributed by atoms with Crippen molar-refractivity contribution in [2.24, 2.45) is 5.84 Å². The molecular formula is C13H16ClN3O. The third-order valence-electron chi connectivity index (χ3n) is 2.86. The second kappa shape index (κ2) is 6.00. The summed E-state index contributed by atoms with van der Waals surface area (Å²) < 4.78 is 5.70. The summed E-state index contributed by atoms with van der Waals surface area (Å²) in [6, 6.07) is 5.70. The van der Waals surface area contributed by atoms with Gasteiger partial charge in [-0.15, -0.1) is 0 Å². The molecule has 0 amide bonds. The molecule has 0 aliphatic carbocycles. The van der Waals surface area contributed by atoms with Crippen molar-refractivity contribution in [3.05, 3.63) is 52.7 Å². The van der Waals surface area contributed by atoms with Crippen molar-refractivity contribution in [2.75, 3.05) is 0 Å². The first-order valence-electron chi connectivity index (χ1n) is 5.87. The molecule has 2 aromatic heterocycles. The van der Waals surface area contributed by atoms with E-state index < -0.39 is 0 Å². The maximum absolute atomic E-state index is 6.08. The van der Waals surface area contributed by atoms with Crippen molar-refractivity contribution in [3.8, 4) is 0 Å². The average molecular weight is 266 g/mol. The van der Waals surface area contributed by atoms with Crippen LogP contribution in [0, 0.1) is 0 Å². The summed E-state index contributed by atoms with van der Waals surface area (Å²) in [5, 5.41) is 0.639. The summed E-state index contributed by atoms with van der Waals surface area (Å²) in [6.07, 6.45) is 4.88. The van der Waals surface area contributed by atoms with E-state index in [1.807, 2.05) is 25.1 Å². The smallest absolute Gasteiger partial charge is 0.122 e. The molecule has 4 nitrogen and oxygen atoms in total. The molecule has 96 valence electrons. The zero-order valence-corrected chi connectivity index (χ0v) is 10.9. The number of aryl methyl sites for hydroxylation is 1. The maximum Gasteiger partial charge on any atom is 0.122 e. The minimum Gasteiger partial charge on any atom is -0.464 e. The molecule has 5 heteroatoms. The van der Waals surface area contributed by atoms with E-state index in [2.05, 4.69) is 10.4 Å². The van der Waals surface area contributed by atoms with Gasteiger partial charge in [-0.05, 0) is 30.2 Å². The van der Waals surface area contributed by atoms with Gasteiger partial charge in [-0.25, -0.2) is 5.43 Å². The number of nitrogens with two attached hydrogens (primary N) is 1. The van der Waals surface area contributed by atoms with Crippen LogP contribution in [0.15, 0.2) is 35.0 Å². The molecule has 0 aromatic carbocycles. The van der Waals surface area contributed by atoms with Crippen LogP contribution in [0.4, 0.5) is 0 Å². The van der Waals surface area contributed by atoms with Gasteiger partial charge in [-0.1, -0.05) is 18.5 Å². The van der Waals surface area contributed by atoms with Gasteiger partial charge in [0.05, 0.1) is 11.1 Å². The second-order valence-corrected chi connectivity index (χ2v) is 4.46. The van der Waals surface area contributed by atoms with Crippen molar-refractivity contribution in [1.29, 1.82) is 0 Å². The molecule has 3 N–H and O–H groups in total. The third kappa shape index (κ3) is 2.90. The SMILES string of the molecule is CCc1ccc(C(Cc2ccncc2Cl)NN)o1. The number of pyridine rings is 1. The first-order chi connectivity index (χ1) is 8.74. The molecule has 0 aliphatic rings. The number of furan rings is 1. The first-order valence-corrected chi connectivity index (χ1v) is 6.25. The van der Waals surface area contributed by atoms with E-state index in [-0.39, 0.29) is 6.04 Å². The third-order valence-corrected chi connectivity index (χ3v) is 3.20. The Morgan fingerprint density at radius 3 is 2.89 bits per heavy atom. The Morgan fingerprint density at radius 2 is 2.28 bits per heavy atom. The van der Waals surface area contributed by atoms with E-state index in [0.717, 1.165) is 23.5 Å². The lowest BCUT2D eigenvalue weighted by atomic mass is 10.1. The van der Waals surface area contributed by atoms with Gasteiger partial charge in [0, 0.05) is 18.8 Å². The van der Waals surface area contributed by atoms with E-state index in [1.54, 1.807) is 12.4 Å². The molecule has 0 fully saturated rings. The van der Waals surface area contributed by atoms with Gasteiger partial charge in [0.2, 0.25) is 0 Å². The molecule has 2 rings (SSSR count). The number of halogens is 1.